The molecule has 0 aliphatic carbocycles. The highest BCUT2D eigenvalue weighted by Gasteiger charge is 2.09. The molecule has 0 aliphatic rings. The van der Waals surface area contributed by atoms with E-state index in [-0.39, 0.29) is 12.3 Å². The Bertz CT molecular complexity index is 217. The highest BCUT2D eigenvalue weighted by atomic mass is 16.4. The zero-order valence-electron chi connectivity index (χ0n) is 9.69. The minimum absolute atomic E-state index is 0.0729. The SMILES string of the molecule is CCN(CCC(=O)O)CCC(=O)N(C)C. The van der Waals surface area contributed by atoms with E-state index in [9.17, 15) is 9.59 Å². The predicted molar refractivity (Wildman–Crippen MR) is 57.7 cm³/mol. The summed E-state index contributed by atoms with van der Waals surface area (Å²) in [5, 5.41) is 8.52. The Kier molecular flexibility index (Phi) is 6.70. The van der Waals surface area contributed by atoms with E-state index < -0.39 is 5.97 Å². The summed E-state index contributed by atoms with van der Waals surface area (Å²) in [5.74, 6) is -0.726. The molecule has 0 saturated carbocycles. The van der Waals surface area contributed by atoms with Crippen molar-refractivity contribution in [1.29, 1.82) is 0 Å². The van der Waals surface area contributed by atoms with Gasteiger partial charge in [-0.05, 0) is 6.54 Å². The van der Waals surface area contributed by atoms with E-state index in [0.717, 1.165) is 6.54 Å². The van der Waals surface area contributed by atoms with Crippen LogP contribution in [0, 0.1) is 0 Å². The molecule has 0 radical (unpaired) electrons. The molecule has 0 fully saturated rings. The standard InChI is InChI=1S/C10H20N2O3/c1-4-12(8-6-10(14)15)7-5-9(13)11(2)3/h4-8H2,1-3H3,(H,14,15). The van der Waals surface area contributed by atoms with Crippen LogP contribution in [-0.4, -0.2) is 60.5 Å². The molecule has 88 valence electrons. The number of hydrogen-bond acceptors (Lipinski definition) is 3. The molecule has 0 aromatic heterocycles. The third kappa shape index (κ3) is 6.90. The Labute approximate surface area is 90.7 Å². The number of hydrogen-bond donors (Lipinski definition) is 1. The van der Waals surface area contributed by atoms with Gasteiger partial charge in [-0.2, -0.15) is 0 Å². The lowest BCUT2D eigenvalue weighted by Crippen LogP contribution is -2.31. The van der Waals surface area contributed by atoms with E-state index in [4.69, 9.17) is 5.11 Å². The molecule has 15 heavy (non-hydrogen) atoms. The number of amides is 1. The number of rotatable bonds is 7. The average Bonchev–Trinajstić information content (AvgIpc) is 2.17. The first-order valence-electron chi connectivity index (χ1n) is 5.11. The number of carboxylic acid groups (broad SMARTS) is 1. The summed E-state index contributed by atoms with van der Waals surface area (Å²) in [7, 11) is 3.44. The summed E-state index contributed by atoms with van der Waals surface area (Å²) in [5.41, 5.74) is 0. The van der Waals surface area contributed by atoms with Crippen molar-refractivity contribution < 1.29 is 14.7 Å². The molecule has 5 nitrogen and oxygen atoms in total. The number of nitrogens with zero attached hydrogens (tertiary/aromatic N) is 2. The van der Waals surface area contributed by atoms with Crippen LogP contribution in [0.3, 0.4) is 0 Å². The van der Waals surface area contributed by atoms with Crippen molar-refractivity contribution in [2.75, 3.05) is 33.7 Å². The van der Waals surface area contributed by atoms with Crippen LogP contribution in [-0.2, 0) is 9.59 Å². The second-order valence-corrected chi connectivity index (χ2v) is 3.62. The molecule has 0 bridgehead atoms. The average molecular weight is 216 g/mol. The molecule has 0 aromatic carbocycles. The zero-order valence-corrected chi connectivity index (χ0v) is 9.69. The molecule has 5 heteroatoms. The van der Waals surface area contributed by atoms with Crippen molar-refractivity contribution in [2.24, 2.45) is 0 Å². The monoisotopic (exact) mass is 216 g/mol. The van der Waals surface area contributed by atoms with Crippen LogP contribution < -0.4 is 0 Å². The van der Waals surface area contributed by atoms with Gasteiger partial charge in [-0.15, -0.1) is 0 Å². The molecule has 0 heterocycles. The first kappa shape index (κ1) is 13.9. The van der Waals surface area contributed by atoms with E-state index in [1.165, 1.54) is 0 Å². The number of carboxylic acids is 1. The van der Waals surface area contributed by atoms with E-state index in [0.29, 0.717) is 19.5 Å². The lowest BCUT2D eigenvalue weighted by Gasteiger charge is -2.20. The Morgan fingerprint density at radius 3 is 2.07 bits per heavy atom. The first-order chi connectivity index (χ1) is 6.97. The molecule has 1 N–H and O–H groups in total. The summed E-state index contributed by atoms with van der Waals surface area (Å²) < 4.78 is 0. The summed E-state index contributed by atoms with van der Waals surface area (Å²) in [6.07, 6.45) is 0.574. The summed E-state index contributed by atoms with van der Waals surface area (Å²) in [6, 6.07) is 0. The molecule has 0 aromatic rings. The van der Waals surface area contributed by atoms with Crippen LogP contribution in [0.2, 0.25) is 0 Å². The van der Waals surface area contributed by atoms with Crippen molar-refractivity contribution in [3.63, 3.8) is 0 Å². The van der Waals surface area contributed by atoms with Gasteiger partial charge in [0, 0.05) is 33.6 Å². The van der Waals surface area contributed by atoms with E-state index in [2.05, 4.69) is 0 Å². The van der Waals surface area contributed by atoms with E-state index >= 15 is 0 Å². The fourth-order valence-corrected chi connectivity index (χ4v) is 1.16. The van der Waals surface area contributed by atoms with Gasteiger partial charge in [-0.25, -0.2) is 0 Å². The fourth-order valence-electron chi connectivity index (χ4n) is 1.16. The quantitative estimate of drug-likeness (QED) is 0.663. The van der Waals surface area contributed by atoms with Crippen LogP contribution in [0.4, 0.5) is 0 Å². The maximum atomic E-state index is 11.3. The minimum atomic E-state index is -0.799. The van der Waals surface area contributed by atoms with Gasteiger partial charge in [-0.3, -0.25) is 9.59 Å². The minimum Gasteiger partial charge on any atom is -0.481 e. The smallest absolute Gasteiger partial charge is 0.304 e. The van der Waals surface area contributed by atoms with E-state index in [1.54, 1.807) is 19.0 Å². The van der Waals surface area contributed by atoms with Gasteiger partial charge >= 0.3 is 5.97 Å². The number of carbonyl (C=O) groups excluding carboxylic acids is 1. The Morgan fingerprint density at radius 2 is 1.67 bits per heavy atom. The Morgan fingerprint density at radius 1 is 1.13 bits per heavy atom. The van der Waals surface area contributed by atoms with Crippen molar-refractivity contribution in [3.8, 4) is 0 Å². The van der Waals surface area contributed by atoms with Gasteiger partial charge < -0.3 is 14.9 Å². The first-order valence-corrected chi connectivity index (χ1v) is 5.11. The van der Waals surface area contributed by atoms with E-state index in [1.807, 2.05) is 11.8 Å². The molecule has 0 saturated heterocycles. The predicted octanol–water partition coefficient (Wildman–Crippen LogP) is 0.261. The fraction of sp³-hybridized carbons (Fsp3) is 0.800. The highest BCUT2D eigenvalue weighted by Crippen LogP contribution is 1.96. The molecular weight excluding hydrogens is 196 g/mol. The molecule has 0 atom stereocenters. The van der Waals surface area contributed by atoms with Gasteiger partial charge in [-0.1, -0.05) is 6.92 Å². The van der Waals surface area contributed by atoms with Crippen molar-refractivity contribution >= 4 is 11.9 Å². The van der Waals surface area contributed by atoms with Crippen LogP contribution in [0.15, 0.2) is 0 Å². The molecule has 0 aliphatic heterocycles. The van der Waals surface area contributed by atoms with Crippen molar-refractivity contribution in [3.05, 3.63) is 0 Å². The van der Waals surface area contributed by atoms with Crippen LogP contribution in [0.1, 0.15) is 19.8 Å². The van der Waals surface area contributed by atoms with Crippen LogP contribution in [0.5, 0.6) is 0 Å². The summed E-state index contributed by atoms with van der Waals surface area (Å²) >= 11 is 0. The topological polar surface area (TPSA) is 60.9 Å². The third-order valence-corrected chi connectivity index (χ3v) is 2.23. The van der Waals surface area contributed by atoms with Crippen molar-refractivity contribution in [1.82, 2.24) is 9.80 Å². The number of carbonyl (C=O) groups is 2. The lowest BCUT2D eigenvalue weighted by molar-refractivity contribution is -0.137. The highest BCUT2D eigenvalue weighted by molar-refractivity contribution is 5.75. The normalized spacial score (nSPS) is 10.4. The third-order valence-electron chi connectivity index (χ3n) is 2.23. The Hall–Kier alpha value is -1.10. The summed E-state index contributed by atoms with van der Waals surface area (Å²) in [4.78, 5) is 25.2. The van der Waals surface area contributed by atoms with Gasteiger partial charge in [0.2, 0.25) is 5.91 Å². The van der Waals surface area contributed by atoms with Crippen LogP contribution >= 0.6 is 0 Å². The molecule has 0 rings (SSSR count). The maximum Gasteiger partial charge on any atom is 0.304 e. The lowest BCUT2D eigenvalue weighted by atomic mass is 10.3. The summed E-state index contributed by atoms with van der Waals surface area (Å²) in [6.45, 7) is 3.86. The largest absolute Gasteiger partial charge is 0.481 e. The Balaban J connectivity index is 3.79. The second kappa shape index (κ2) is 7.23. The van der Waals surface area contributed by atoms with Gasteiger partial charge in [0.25, 0.3) is 0 Å². The molecule has 1 amide bonds. The van der Waals surface area contributed by atoms with Gasteiger partial charge in [0.1, 0.15) is 0 Å². The van der Waals surface area contributed by atoms with Crippen molar-refractivity contribution in [2.45, 2.75) is 19.8 Å². The van der Waals surface area contributed by atoms with Gasteiger partial charge in [0.15, 0.2) is 0 Å². The van der Waals surface area contributed by atoms with Crippen LogP contribution in [0.25, 0.3) is 0 Å². The number of aliphatic carboxylic acids is 1. The maximum absolute atomic E-state index is 11.3. The second-order valence-electron chi connectivity index (χ2n) is 3.62. The molecule has 0 unspecified atom stereocenters. The molecular formula is C10H20N2O3. The molecule has 0 spiro atoms. The zero-order chi connectivity index (χ0) is 11.8. The van der Waals surface area contributed by atoms with Gasteiger partial charge in [0.05, 0.1) is 6.42 Å².